The summed E-state index contributed by atoms with van der Waals surface area (Å²) in [6, 6.07) is 3.90. The van der Waals surface area contributed by atoms with Crippen LogP contribution in [0.25, 0.3) is 0 Å². The molecule has 0 fully saturated rings. The van der Waals surface area contributed by atoms with E-state index in [4.69, 9.17) is 0 Å². The first-order valence-electron chi connectivity index (χ1n) is 6.92. The molecule has 0 spiro atoms. The Labute approximate surface area is 147 Å². The standard InChI is InChI=1S/C14H12F4N2O4S2/c15-11-3-1-9(7-13(11)17)25(21,22)19-5-6-20-26(23,24)10-2-4-12(16)14(18)8-10/h1-4,7-8,19-20H,5-6H2. The van der Waals surface area contributed by atoms with Crippen molar-refractivity contribution in [3.05, 3.63) is 59.7 Å². The molecule has 0 atom stereocenters. The Morgan fingerprint density at radius 3 is 1.27 bits per heavy atom. The van der Waals surface area contributed by atoms with Crippen LogP contribution in [0.5, 0.6) is 0 Å². The van der Waals surface area contributed by atoms with Gasteiger partial charge in [0.05, 0.1) is 9.79 Å². The van der Waals surface area contributed by atoms with Crippen molar-refractivity contribution >= 4 is 20.0 Å². The van der Waals surface area contributed by atoms with E-state index >= 15 is 0 Å². The van der Waals surface area contributed by atoms with Crippen LogP contribution in [-0.4, -0.2) is 29.9 Å². The Morgan fingerprint density at radius 1 is 0.615 bits per heavy atom. The van der Waals surface area contributed by atoms with Crippen LogP contribution >= 0.6 is 0 Å². The molecule has 12 heteroatoms. The van der Waals surface area contributed by atoms with E-state index in [1.807, 2.05) is 9.44 Å². The van der Waals surface area contributed by atoms with E-state index in [1.165, 1.54) is 0 Å². The number of hydrogen-bond donors (Lipinski definition) is 2. The van der Waals surface area contributed by atoms with Crippen molar-refractivity contribution < 1.29 is 34.4 Å². The molecule has 0 aliphatic carbocycles. The molecule has 0 unspecified atom stereocenters. The zero-order valence-corrected chi connectivity index (χ0v) is 14.5. The molecular formula is C14H12F4N2O4S2. The van der Waals surface area contributed by atoms with Gasteiger partial charge in [-0.25, -0.2) is 43.8 Å². The topological polar surface area (TPSA) is 92.3 Å². The second-order valence-corrected chi connectivity index (χ2v) is 8.48. The largest absolute Gasteiger partial charge is 0.240 e. The average Bonchev–Trinajstić information content (AvgIpc) is 2.56. The molecule has 0 amide bonds. The Hall–Kier alpha value is -2.02. The quantitative estimate of drug-likeness (QED) is 0.533. The third-order valence-electron chi connectivity index (χ3n) is 3.11. The maximum absolute atomic E-state index is 13.1. The highest BCUT2D eigenvalue weighted by Gasteiger charge is 2.18. The normalized spacial score (nSPS) is 12.3. The van der Waals surface area contributed by atoms with Crippen LogP contribution in [0.1, 0.15) is 0 Å². The minimum atomic E-state index is -4.20. The van der Waals surface area contributed by atoms with Gasteiger partial charge in [-0.05, 0) is 36.4 Å². The molecule has 0 bridgehead atoms. The van der Waals surface area contributed by atoms with Crippen LogP contribution in [0.15, 0.2) is 46.2 Å². The molecule has 0 saturated heterocycles. The molecule has 26 heavy (non-hydrogen) atoms. The molecule has 2 aromatic rings. The van der Waals surface area contributed by atoms with Crippen LogP contribution in [-0.2, 0) is 20.0 Å². The monoisotopic (exact) mass is 412 g/mol. The molecule has 0 saturated carbocycles. The van der Waals surface area contributed by atoms with Crippen molar-refractivity contribution in [1.29, 1.82) is 0 Å². The maximum atomic E-state index is 13.1. The zero-order valence-electron chi connectivity index (χ0n) is 12.8. The Balaban J connectivity index is 1.98. The molecule has 2 aromatic carbocycles. The zero-order chi connectivity index (χ0) is 19.5. The second kappa shape index (κ2) is 7.70. The number of nitrogens with one attached hydrogen (secondary N) is 2. The highest BCUT2D eigenvalue weighted by Crippen LogP contribution is 2.14. The smallest absolute Gasteiger partial charge is 0.210 e. The maximum Gasteiger partial charge on any atom is 0.240 e. The van der Waals surface area contributed by atoms with Gasteiger partial charge in [-0.1, -0.05) is 0 Å². The molecule has 2 N–H and O–H groups in total. The molecule has 0 aromatic heterocycles. The summed E-state index contributed by atoms with van der Waals surface area (Å²) in [5.41, 5.74) is 0. The summed E-state index contributed by atoms with van der Waals surface area (Å²) in [5, 5.41) is 0. The first-order valence-corrected chi connectivity index (χ1v) is 9.89. The average molecular weight is 412 g/mol. The van der Waals surface area contributed by atoms with Gasteiger partial charge in [-0.2, -0.15) is 0 Å². The van der Waals surface area contributed by atoms with Gasteiger partial charge in [0.1, 0.15) is 0 Å². The highest BCUT2D eigenvalue weighted by atomic mass is 32.2. The van der Waals surface area contributed by atoms with Crippen LogP contribution in [0, 0.1) is 23.3 Å². The summed E-state index contributed by atoms with van der Waals surface area (Å²) >= 11 is 0. The van der Waals surface area contributed by atoms with Gasteiger partial charge < -0.3 is 0 Å². The Morgan fingerprint density at radius 2 is 0.962 bits per heavy atom. The fourth-order valence-corrected chi connectivity index (χ4v) is 3.91. The lowest BCUT2D eigenvalue weighted by Crippen LogP contribution is -2.34. The van der Waals surface area contributed by atoms with E-state index in [-0.39, 0.29) is 0 Å². The van der Waals surface area contributed by atoms with Crippen LogP contribution < -0.4 is 9.44 Å². The summed E-state index contributed by atoms with van der Waals surface area (Å²) < 4.78 is 103. The van der Waals surface area contributed by atoms with Crippen molar-refractivity contribution in [1.82, 2.24) is 9.44 Å². The van der Waals surface area contributed by atoms with Gasteiger partial charge in [0.2, 0.25) is 20.0 Å². The molecule has 0 heterocycles. The molecule has 0 radical (unpaired) electrons. The van der Waals surface area contributed by atoms with E-state index < -0.39 is 66.2 Å². The SMILES string of the molecule is O=S(=O)(NCCNS(=O)(=O)c1ccc(F)c(F)c1)c1ccc(F)c(F)c1. The van der Waals surface area contributed by atoms with Crippen molar-refractivity contribution in [3.8, 4) is 0 Å². The van der Waals surface area contributed by atoms with Crippen molar-refractivity contribution in [2.24, 2.45) is 0 Å². The Kier molecular flexibility index (Phi) is 6.01. The molecule has 2 rings (SSSR count). The lowest BCUT2D eigenvalue weighted by molar-refractivity contribution is 0.503. The number of benzene rings is 2. The minimum Gasteiger partial charge on any atom is -0.210 e. The summed E-state index contributed by atoms with van der Waals surface area (Å²) in [4.78, 5) is -1.08. The lowest BCUT2D eigenvalue weighted by atomic mass is 10.3. The Bertz CT molecular complexity index is 944. The number of hydrogen-bond acceptors (Lipinski definition) is 4. The number of rotatable bonds is 7. The van der Waals surface area contributed by atoms with Gasteiger partial charge in [-0.15, -0.1) is 0 Å². The van der Waals surface area contributed by atoms with E-state index in [2.05, 4.69) is 0 Å². The van der Waals surface area contributed by atoms with Gasteiger partial charge >= 0.3 is 0 Å². The first kappa shape index (κ1) is 20.3. The molecular weight excluding hydrogens is 400 g/mol. The van der Waals surface area contributed by atoms with Crippen molar-refractivity contribution in [2.75, 3.05) is 13.1 Å². The predicted molar refractivity (Wildman–Crippen MR) is 83.1 cm³/mol. The molecule has 6 nitrogen and oxygen atoms in total. The fraction of sp³-hybridized carbons (Fsp3) is 0.143. The second-order valence-electron chi connectivity index (χ2n) is 4.95. The van der Waals surface area contributed by atoms with E-state index in [0.717, 1.165) is 12.1 Å². The van der Waals surface area contributed by atoms with Gasteiger partial charge in [0.25, 0.3) is 0 Å². The van der Waals surface area contributed by atoms with Gasteiger partial charge in [0, 0.05) is 13.1 Å². The van der Waals surface area contributed by atoms with Crippen LogP contribution in [0.2, 0.25) is 0 Å². The summed E-state index contributed by atoms with van der Waals surface area (Å²) in [6.07, 6.45) is 0. The minimum absolute atomic E-state index is 0.426. The third-order valence-corrected chi connectivity index (χ3v) is 6.03. The predicted octanol–water partition coefficient (Wildman–Crippen LogP) is 1.50. The molecule has 142 valence electrons. The summed E-state index contributed by atoms with van der Waals surface area (Å²) in [7, 11) is -8.39. The first-order chi connectivity index (χ1) is 12.0. The fourth-order valence-electron chi connectivity index (χ4n) is 1.83. The van der Waals surface area contributed by atoms with Crippen molar-refractivity contribution in [2.45, 2.75) is 9.79 Å². The van der Waals surface area contributed by atoms with E-state index in [9.17, 15) is 34.4 Å². The van der Waals surface area contributed by atoms with Crippen LogP contribution in [0.3, 0.4) is 0 Å². The van der Waals surface area contributed by atoms with Crippen molar-refractivity contribution in [3.63, 3.8) is 0 Å². The van der Waals surface area contributed by atoms with Crippen LogP contribution in [0.4, 0.5) is 17.6 Å². The van der Waals surface area contributed by atoms with E-state index in [0.29, 0.717) is 24.3 Å². The number of halogens is 4. The van der Waals surface area contributed by atoms with Gasteiger partial charge in [0.15, 0.2) is 23.3 Å². The molecule has 0 aliphatic heterocycles. The summed E-state index contributed by atoms with van der Waals surface area (Å²) in [6.45, 7) is -0.853. The highest BCUT2D eigenvalue weighted by molar-refractivity contribution is 7.89. The van der Waals surface area contributed by atoms with Gasteiger partial charge in [-0.3, -0.25) is 0 Å². The summed E-state index contributed by atoms with van der Waals surface area (Å²) in [5.74, 6) is -5.15. The number of sulfonamides is 2. The third kappa shape index (κ3) is 4.78. The van der Waals surface area contributed by atoms with E-state index in [1.54, 1.807) is 0 Å². The molecule has 0 aliphatic rings. The lowest BCUT2D eigenvalue weighted by Gasteiger charge is -2.09.